The van der Waals surface area contributed by atoms with Crippen LogP contribution in [0, 0.1) is 0 Å². The maximum absolute atomic E-state index is 12.3. The number of alkyl halides is 3. The van der Waals surface area contributed by atoms with Gasteiger partial charge in [-0.2, -0.15) is 13.2 Å². The minimum atomic E-state index is -4.45. The van der Waals surface area contributed by atoms with E-state index in [1.54, 1.807) is 37.3 Å². The average molecular weight is 454 g/mol. The zero-order chi connectivity index (χ0) is 23.6. The molecule has 0 unspecified atom stereocenters. The van der Waals surface area contributed by atoms with Gasteiger partial charge in [0.2, 0.25) is 5.91 Å². The number of benzene rings is 2. The van der Waals surface area contributed by atoms with Crippen LogP contribution in [0.2, 0.25) is 0 Å². The first kappa shape index (κ1) is 24.8. The molecule has 0 heterocycles. The van der Waals surface area contributed by atoms with Gasteiger partial charge in [0.25, 0.3) is 5.91 Å². The van der Waals surface area contributed by atoms with E-state index in [1.165, 1.54) is 19.2 Å². The van der Waals surface area contributed by atoms with Crippen molar-refractivity contribution in [2.45, 2.75) is 25.9 Å². The smallest absolute Gasteiger partial charge is 0.422 e. The number of rotatable bonds is 11. The first-order valence-electron chi connectivity index (χ1n) is 9.86. The largest absolute Gasteiger partial charge is 0.493 e. The highest BCUT2D eigenvalue weighted by molar-refractivity contribution is 5.91. The Morgan fingerprint density at radius 1 is 1.00 bits per heavy atom. The molecule has 0 saturated carbocycles. The summed E-state index contributed by atoms with van der Waals surface area (Å²) >= 11 is 0. The zero-order valence-corrected chi connectivity index (χ0v) is 17.8. The SMILES string of the molecule is CCNC(=O)COc1cccc(NC(=O)CCc2ccc(OCC(F)(F)F)c(OC)c2)c1. The lowest BCUT2D eigenvalue weighted by Crippen LogP contribution is -2.28. The van der Waals surface area contributed by atoms with E-state index in [0.29, 0.717) is 30.0 Å². The number of hydrogen-bond acceptors (Lipinski definition) is 5. The Balaban J connectivity index is 1.88. The molecule has 0 saturated heterocycles. The molecule has 2 amide bonds. The minimum absolute atomic E-state index is 0.0255. The predicted molar refractivity (Wildman–Crippen MR) is 112 cm³/mol. The molecule has 10 heteroatoms. The molecular weight excluding hydrogens is 429 g/mol. The number of anilines is 1. The van der Waals surface area contributed by atoms with Crippen molar-refractivity contribution in [1.29, 1.82) is 0 Å². The second-order valence-electron chi connectivity index (χ2n) is 6.71. The number of halogens is 3. The molecular formula is C22H25F3N2O5. The predicted octanol–water partition coefficient (Wildman–Crippen LogP) is 3.72. The van der Waals surface area contributed by atoms with Crippen molar-refractivity contribution in [2.75, 3.05) is 32.2 Å². The van der Waals surface area contributed by atoms with Gasteiger partial charge in [0.15, 0.2) is 24.7 Å². The van der Waals surface area contributed by atoms with Crippen LogP contribution in [0.5, 0.6) is 17.2 Å². The number of nitrogens with one attached hydrogen (secondary N) is 2. The molecule has 7 nitrogen and oxygen atoms in total. The second kappa shape index (κ2) is 11.8. The summed E-state index contributed by atoms with van der Waals surface area (Å²) in [7, 11) is 1.33. The van der Waals surface area contributed by atoms with E-state index in [2.05, 4.69) is 10.6 Å². The highest BCUT2D eigenvalue weighted by Gasteiger charge is 2.29. The number of methoxy groups -OCH3 is 1. The number of carbonyl (C=O) groups excluding carboxylic acids is 2. The van der Waals surface area contributed by atoms with Crippen molar-refractivity contribution in [3.8, 4) is 17.2 Å². The first-order valence-corrected chi connectivity index (χ1v) is 9.86. The van der Waals surface area contributed by atoms with Crippen LogP contribution >= 0.6 is 0 Å². The van der Waals surface area contributed by atoms with Gasteiger partial charge in [0.05, 0.1) is 7.11 Å². The van der Waals surface area contributed by atoms with E-state index < -0.39 is 12.8 Å². The van der Waals surface area contributed by atoms with Gasteiger partial charge in [-0.05, 0) is 43.2 Å². The standard InChI is InChI=1S/C22H25F3N2O5/c1-3-26-21(29)13-31-17-6-4-5-16(12-17)27-20(28)10-8-15-7-9-18(19(11-15)30-2)32-14-22(23,24)25/h4-7,9,11-12H,3,8,10,13-14H2,1-2H3,(H,26,29)(H,27,28). The van der Waals surface area contributed by atoms with E-state index >= 15 is 0 Å². The van der Waals surface area contributed by atoms with Crippen molar-refractivity contribution in [3.63, 3.8) is 0 Å². The molecule has 0 radical (unpaired) electrons. The molecule has 2 rings (SSSR count). The molecule has 0 spiro atoms. The van der Waals surface area contributed by atoms with Crippen LogP contribution in [0.15, 0.2) is 42.5 Å². The highest BCUT2D eigenvalue weighted by Crippen LogP contribution is 2.30. The Morgan fingerprint density at radius 2 is 1.78 bits per heavy atom. The maximum atomic E-state index is 12.3. The molecule has 0 aliphatic heterocycles. The topological polar surface area (TPSA) is 85.9 Å². The van der Waals surface area contributed by atoms with Gasteiger partial charge in [0, 0.05) is 24.7 Å². The van der Waals surface area contributed by atoms with Crippen molar-refractivity contribution >= 4 is 17.5 Å². The third-order valence-corrected chi connectivity index (χ3v) is 4.12. The Hall–Kier alpha value is -3.43. The molecule has 0 aliphatic carbocycles. The van der Waals surface area contributed by atoms with Crippen LogP contribution in [0.3, 0.4) is 0 Å². The van der Waals surface area contributed by atoms with Gasteiger partial charge in [0.1, 0.15) is 5.75 Å². The molecule has 0 aliphatic rings. The summed E-state index contributed by atoms with van der Waals surface area (Å²) in [5.41, 5.74) is 1.22. The molecule has 0 aromatic heterocycles. The van der Waals surface area contributed by atoms with Crippen LogP contribution in [0.1, 0.15) is 18.9 Å². The van der Waals surface area contributed by atoms with Crippen LogP contribution in [0.25, 0.3) is 0 Å². The van der Waals surface area contributed by atoms with Gasteiger partial charge >= 0.3 is 6.18 Å². The maximum Gasteiger partial charge on any atom is 0.422 e. The number of hydrogen-bond donors (Lipinski definition) is 2. The summed E-state index contributed by atoms with van der Waals surface area (Å²) in [4.78, 5) is 23.8. The fourth-order valence-corrected chi connectivity index (χ4v) is 2.69. The van der Waals surface area contributed by atoms with Crippen LogP contribution in [0.4, 0.5) is 18.9 Å². The molecule has 2 aromatic rings. The second-order valence-corrected chi connectivity index (χ2v) is 6.71. The quantitative estimate of drug-likeness (QED) is 0.541. The van der Waals surface area contributed by atoms with Crippen LogP contribution in [-0.4, -0.2) is 44.9 Å². The Labute approximate surface area is 183 Å². The lowest BCUT2D eigenvalue weighted by atomic mass is 10.1. The summed E-state index contributed by atoms with van der Waals surface area (Å²) in [5, 5.41) is 5.36. The Bertz CT molecular complexity index is 919. The molecule has 2 aromatic carbocycles. The van der Waals surface area contributed by atoms with E-state index in [9.17, 15) is 22.8 Å². The summed E-state index contributed by atoms with van der Waals surface area (Å²) in [6.45, 7) is 0.764. The number of likely N-dealkylation sites (N-methyl/N-ethyl adjacent to an activating group) is 1. The summed E-state index contributed by atoms with van der Waals surface area (Å²) in [6.07, 6.45) is -3.98. The Kier molecular flexibility index (Phi) is 9.18. The van der Waals surface area contributed by atoms with Gasteiger partial charge in [-0.1, -0.05) is 12.1 Å². The molecule has 0 atom stereocenters. The Morgan fingerprint density at radius 3 is 2.47 bits per heavy atom. The highest BCUT2D eigenvalue weighted by atomic mass is 19.4. The van der Waals surface area contributed by atoms with Crippen molar-refractivity contribution in [2.24, 2.45) is 0 Å². The number of aryl methyl sites for hydroxylation is 1. The zero-order valence-electron chi connectivity index (χ0n) is 17.8. The van der Waals surface area contributed by atoms with E-state index in [-0.39, 0.29) is 36.3 Å². The monoisotopic (exact) mass is 454 g/mol. The van der Waals surface area contributed by atoms with E-state index in [0.717, 1.165) is 0 Å². The fourth-order valence-electron chi connectivity index (χ4n) is 2.69. The first-order chi connectivity index (χ1) is 15.2. The molecule has 32 heavy (non-hydrogen) atoms. The fraction of sp³-hybridized carbons (Fsp3) is 0.364. The van der Waals surface area contributed by atoms with Crippen LogP contribution in [-0.2, 0) is 16.0 Å². The summed E-state index contributed by atoms with van der Waals surface area (Å²) in [5.74, 6) is 0.0641. The molecule has 0 bridgehead atoms. The number of ether oxygens (including phenoxy) is 3. The molecule has 0 fully saturated rings. The third-order valence-electron chi connectivity index (χ3n) is 4.12. The van der Waals surface area contributed by atoms with Crippen molar-refractivity contribution < 1.29 is 37.0 Å². The molecule has 2 N–H and O–H groups in total. The van der Waals surface area contributed by atoms with Crippen LogP contribution < -0.4 is 24.8 Å². The third kappa shape index (κ3) is 8.75. The summed E-state index contributed by atoms with van der Waals surface area (Å²) in [6, 6.07) is 11.1. The molecule has 174 valence electrons. The van der Waals surface area contributed by atoms with E-state index in [4.69, 9.17) is 14.2 Å². The number of amides is 2. The minimum Gasteiger partial charge on any atom is -0.493 e. The lowest BCUT2D eigenvalue weighted by Gasteiger charge is -2.13. The van der Waals surface area contributed by atoms with Gasteiger partial charge < -0.3 is 24.8 Å². The summed E-state index contributed by atoms with van der Waals surface area (Å²) < 4.78 is 52.3. The van der Waals surface area contributed by atoms with Crippen molar-refractivity contribution in [1.82, 2.24) is 5.32 Å². The van der Waals surface area contributed by atoms with E-state index in [1.807, 2.05) is 0 Å². The number of carbonyl (C=O) groups is 2. The van der Waals surface area contributed by atoms with Gasteiger partial charge in [-0.3, -0.25) is 9.59 Å². The van der Waals surface area contributed by atoms with Gasteiger partial charge in [-0.15, -0.1) is 0 Å². The average Bonchev–Trinajstić information content (AvgIpc) is 2.75. The van der Waals surface area contributed by atoms with Gasteiger partial charge in [-0.25, -0.2) is 0 Å². The lowest BCUT2D eigenvalue weighted by molar-refractivity contribution is -0.153. The van der Waals surface area contributed by atoms with Crippen molar-refractivity contribution in [3.05, 3.63) is 48.0 Å². The normalized spacial score (nSPS) is 10.9.